The van der Waals surface area contributed by atoms with Crippen LogP contribution in [0.2, 0.25) is 0 Å². The fraction of sp³-hybridized carbons (Fsp3) is 1.00. The van der Waals surface area contributed by atoms with Crippen molar-refractivity contribution in [1.29, 1.82) is 0 Å². The Morgan fingerprint density at radius 3 is 2.05 bits per heavy atom. The summed E-state index contributed by atoms with van der Waals surface area (Å²) >= 11 is 0. The summed E-state index contributed by atoms with van der Waals surface area (Å²) in [7, 11) is 0. The van der Waals surface area contributed by atoms with Gasteiger partial charge in [0, 0.05) is 18.6 Å². The number of rotatable bonds is 12. The summed E-state index contributed by atoms with van der Waals surface area (Å²) in [6.07, 6.45) is 18.6. The summed E-state index contributed by atoms with van der Waals surface area (Å²) in [5.41, 5.74) is 0.537. The van der Waals surface area contributed by atoms with Gasteiger partial charge in [-0.1, -0.05) is 45.4 Å². The second-order valence-electron chi connectivity index (χ2n) is 7.56. The topological polar surface area (TPSA) is 24.1 Å². The van der Waals surface area contributed by atoms with Crippen LogP contribution in [-0.2, 0) is 0 Å². The Kier molecular flexibility index (Phi) is 8.10. The molecule has 2 nitrogen and oxygen atoms in total. The summed E-state index contributed by atoms with van der Waals surface area (Å²) in [4.78, 5) is 0. The first-order valence-corrected chi connectivity index (χ1v) is 9.80. The van der Waals surface area contributed by atoms with Crippen molar-refractivity contribution in [2.75, 3.05) is 19.6 Å². The molecule has 21 heavy (non-hydrogen) atoms. The van der Waals surface area contributed by atoms with Gasteiger partial charge in [0.15, 0.2) is 0 Å². The molecular weight excluding hydrogens is 256 g/mol. The molecule has 0 aliphatic heterocycles. The van der Waals surface area contributed by atoms with E-state index in [0.717, 1.165) is 12.5 Å². The largest absolute Gasteiger partial charge is 0.315 e. The van der Waals surface area contributed by atoms with Gasteiger partial charge in [-0.2, -0.15) is 0 Å². The predicted octanol–water partition coefficient (Wildman–Crippen LogP) is 4.64. The van der Waals surface area contributed by atoms with Gasteiger partial charge in [-0.25, -0.2) is 0 Å². The first-order chi connectivity index (χ1) is 10.3. The van der Waals surface area contributed by atoms with E-state index in [4.69, 9.17) is 0 Å². The molecule has 124 valence electrons. The minimum absolute atomic E-state index is 0.537. The predicted molar refractivity (Wildman–Crippen MR) is 92.8 cm³/mol. The number of unbranched alkanes of at least 4 members (excludes halogenated alkanes) is 6. The highest BCUT2D eigenvalue weighted by Gasteiger charge is 2.39. The summed E-state index contributed by atoms with van der Waals surface area (Å²) in [5, 5.41) is 7.50. The number of hydrogen-bond donors (Lipinski definition) is 2. The molecule has 3 rings (SSSR count). The van der Waals surface area contributed by atoms with Gasteiger partial charge in [0.1, 0.15) is 0 Å². The van der Waals surface area contributed by atoms with Crippen LogP contribution in [0.25, 0.3) is 0 Å². The van der Waals surface area contributed by atoms with Gasteiger partial charge < -0.3 is 10.6 Å². The van der Waals surface area contributed by atoms with Crippen LogP contribution in [-0.4, -0.2) is 25.2 Å². The zero-order valence-electron chi connectivity index (χ0n) is 14.4. The zero-order chi connectivity index (χ0) is 14.8. The smallest absolute Gasteiger partial charge is 0.0182 e. The maximum Gasteiger partial charge on any atom is 0.0182 e. The van der Waals surface area contributed by atoms with E-state index in [9.17, 15) is 0 Å². The van der Waals surface area contributed by atoms with Crippen LogP contribution >= 0.6 is 0 Å². The lowest BCUT2D eigenvalue weighted by Gasteiger charge is -2.47. The Hall–Kier alpha value is -0.0800. The van der Waals surface area contributed by atoms with Crippen molar-refractivity contribution in [3.05, 3.63) is 0 Å². The molecule has 3 saturated carbocycles. The van der Waals surface area contributed by atoms with Crippen LogP contribution in [0, 0.1) is 5.92 Å². The van der Waals surface area contributed by atoms with E-state index in [2.05, 4.69) is 17.6 Å². The molecule has 0 atom stereocenters. The van der Waals surface area contributed by atoms with Crippen molar-refractivity contribution in [1.82, 2.24) is 10.6 Å². The van der Waals surface area contributed by atoms with Crippen molar-refractivity contribution in [3.63, 3.8) is 0 Å². The van der Waals surface area contributed by atoms with Gasteiger partial charge in [-0.3, -0.25) is 0 Å². The van der Waals surface area contributed by atoms with Gasteiger partial charge in [0.2, 0.25) is 0 Å². The zero-order valence-corrected chi connectivity index (χ0v) is 14.4. The molecule has 0 unspecified atom stereocenters. The molecule has 0 aromatic rings. The van der Waals surface area contributed by atoms with Crippen LogP contribution in [0.3, 0.4) is 0 Å². The average molecular weight is 295 g/mol. The van der Waals surface area contributed by atoms with Crippen LogP contribution < -0.4 is 10.6 Å². The summed E-state index contributed by atoms with van der Waals surface area (Å²) in [5.74, 6) is 1.07. The molecule has 2 bridgehead atoms. The van der Waals surface area contributed by atoms with Crippen molar-refractivity contribution in [3.8, 4) is 0 Å². The van der Waals surface area contributed by atoms with Gasteiger partial charge in [-0.05, 0) is 57.4 Å². The van der Waals surface area contributed by atoms with Crippen molar-refractivity contribution in [2.24, 2.45) is 5.92 Å². The summed E-state index contributed by atoms with van der Waals surface area (Å²) in [6.45, 7) is 5.82. The fourth-order valence-corrected chi connectivity index (χ4v) is 4.26. The second kappa shape index (κ2) is 9.84. The van der Waals surface area contributed by atoms with E-state index in [-0.39, 0.29) is 0 Å². The number of nitrogens with one attached hydrogen (secondary N) is 2. The molecule has 0 amide bonds. The Labute approximate surface area is 132 Å². The third kappa shape index (κ3) is 6.28. The number of fused-ring (bicyclic) bond motifs is 3. The van der Waals surface area contributed by atoms with Gasteiger partial charge in [-0.15, -0.1) is 0 Å². The van der Waals surface area contributed by atoms with Gasteiger partial charge >= 0.3 is 0 Å². The van der Waals surface area contributed by atoms with Crippen LogP contribution in [0.1, 0.15) is 90.4 Å². The molecule has 0 spiro atoms. The minimum atomic E-state index is 0.537. The lowest BCUT2D eigenvalue weighted by molar-refractivity contribution is 0.106. The maximum absolute atomic E-state index is 3.89. The van der Waals surface area contributed by atoms with Gasteiger partial charge in [0.05, 0.1) is 0 Å². The SMILES string of the molecule is CCCCCCCCCNCCNC12CCC(CC1)CC2. The van der Waals surface area contributed by atoms with Crippen LogP contribution in [0.4, 0.5) is 0 Å². The van der Waals surface area contributed by atoms with E-state index in [1.165, 1.54) is 96.6 Å². The number of hydrogen-bond acceptors (Lipinski definition) is 2. The minimum Gasteiger partial charge on any atom is -0.315 e. The van der Waals surface area contributed by atoms with Crippen molar-refractivity contribution in [2.45, 2.75) is 95.9 Å². The monoisotopic (exact) mass is 294 g/mol. The average Bonchev–Trinajstić information content (AvgIpc) is 2.54. The third-order valence-electron chi connectivity index (χ3n) is 5.85. The first-order valence-electron chi connectivity index (χ1n) is 9.80. The highest BCUT2D eigenvalue weighted by atomic mass is 15.0. The molecule has 3 fully saturated rings. The molecule has 2 N–H and O–H groups in total. The molecule has 3 aliphatic rings. The van der Waals surface area contributed by atoms with Crippen LogP contribution in [0.15, 0.2) is 0 Å². The molecule has 0 radical (unpaired) electrons. The van der Waals surface area contributed by atoms with Crippen molar-refractivity contribution >= 4 is 0 Å². The van der Waals surface area contributed by atoms with E-state index in [1.807, 2.05) is 0 Å². The molecule has 0 heterocycles. The third-order valence-corrected chi connectivity index (χ3v) is 5.85. The van der Waals surface area contributed by atoms with Gasteiger partial charge in [0.25, 0.3) is 0 Å². The highest BCUT2D eigenvalue weighted by molar-refractivity contribution is 4.98. The normalized spacial score (nSPS) is 28.1. The highest BCUT2D eigenvalue weighted by Crippen LogP contribution is 2.43. The Bertz CT molecular complexity index is 243. The standard InChI is InChI=1S/C19H38N2/c1-2-3-4-5-6-7-8-15-20-16-17-21-19-12-9-18(10-13-19)11-14-19/h18,20-21H,2-17H2,1H3. The Balaban J connectivity index is 1.37. The molecule has 2 heteroatoms. The molecule has 0 aromatic heterocycles. The Morgan fingerprint density at radius 2 is 1.38 bits per heavy atom. The summed E-state index contributed by atoms with van der Waals surface area (Å²) in [6, 6.07) is 0. The van der Waals surface area contributed by atoms with E-state index >= 15 is 0 Å². The molecule has 3 aliphatic carbocycles. The lowest BCUT2D eigenvalue weighted by atomic mass is 9.66. The fourth-order valence-electron chi connectivity index (χ4n) is 4.26. The summed E-state index contributed by atoms with van der Waals surface area (Å²) < 4.78 is 0. The molecular formula is C19H38N2. The van der Waals surface area contributed by atoms with E-state index < -0.39 is 0 Å². The maximum atomic E-state index is 3.89. The van der Waals surface area contributed by atoms with Crippen LogP contribution in [0.5, 0.6) is 0 Å². The van der Waals surface area contributed by atoms with E-state index in [0.29, 0.717) is 5.54 Å². The molecule has 0 aromatic carbocycles. The first kappa shape index (κ1) is 17.3. The molecule has 0 saturated heterocycles. The van der Waals surface area contributed by atoms with E-state index in [1.54, 1.807) is 0 Å². The lowest BCUT2D eigenvalue weighted by Crippen LogP contribution is -2.53. The quantitative estimate of drug-likeness (QED) is 0.512. The van der Waals surface area contributed by atoms with Crippen molar-refractivity contribution < 1.29 is 0 Å². The second-order valence-corrected chi connectivity index (χ2v) is 7.56. The Morgan fingerprint density at radius 1 is 0.762 bits per heavy atom.